The molecule has 3 rings (SSSR count). The maximum atomic E-state index is 13.2. The van der Waals surface area contributed by atoms with Crippen LogP contribution in [0.1, 0.15) is 6.92 Å². The maximum Gasteiger partial charge on any atom is 0.238 e. The molecule has 1 fully saturated rings. The van der Waals surface area contributed by atoms with Crippen molar-refractivity contribution in [2.75, 3.05) is 49.5 Å². The topological polar surface area (TPSA) is 44.8 Å². The second-order valence-electron chi connectivity index (χ2n) is 6.34. The van der Waals surface area contributed by atoms with E-state index >= 15 is 0 Å². The molecule has 27 heavy (non-hydrogen) atoms. The van der Waals surface area contributed by atoms with Crippen LogP contribution in [0.25, 0.3) is 0 Å². The third kappa shape index (κ3) is 5.11. The summed E-state index contributed by atoms with van der Waals surface area (Å²) in [5, 5.41) is 2.76. The van der Waals surface area contributed by atoms with Gasteiger partial charge in [0.25, 0.3) is 0 Å². The number of amides is 1. The average Bonchev–Trinajstić information content (AvgIpc) is 2.66. The van der Waals surface area contributed by atoms with Crippen molar-refractivity contribution in [2.45, 2.75) is 6.92 Å². The van der Waals surface area contributed by atoms with E-state index in [-0.39, 0.29) is 17.5 Å². The van der Waals surface area contributed by atoms with Crippen LogP contribution in [0.4, 0.5) is 15.8 Å². The summed E-state index contributed by atoms with van der Waals surface area (Å²) < 4.78 is 18.9. The molecule has 0 aromatic heterocycles. The fraction of sp³-hybridized carbons (Fsp3) is 0.350. The average molecular weight is 392 g/mol. The summed E-state index contributed by atoms with van der Waals surface area (Å²) in [6, 6.07) is 12.2. The fourth-order valence-corrected chi connectivity index (χ4v) is 3.30. The van der Waals surface area contributed by atoms with Gasteiger partial charge < -0.3 is 15.0 Å². The van der Waals surface area contributed by atoms with E-state index in [1.54, 1.807) is 0 Å². The van der Waals surface area contributed by atoms with Gasteiger partial charge in [-0.3, -0.25) is 9.69 Å². The largest absolute Gasteiger partial charge is 0.492 e. The fourth-order valence-electron chi connectivity index (χ4n) is 3.12. The highest BCUT2D eigenvalue weighted by Gasteiger charge is 2.21. The molecular weight excluding hydrogens is 369 g/mol. The second-order valence-corrected chi connectivity index (χ2v) is 6.75. The highest BCUT2D eigenvalue weighted by molar-refractivity contribution is 6.31. The first kappa shape index (κ1) is 19.5. The van der Waals surface area contributed by atoms with Crippen LogP contribution in [-0.2, 0) is 4.79 Å². The van der Waals surface area contributed by atoms with Gasteiger partial charge in [0.1, 0.15) is 11.6 Å². The van der Waals surface area contributed by atoms with Crippen molar-refractivity contribution >= 4 is 28.9 Å². The van der Waals surface area contributed by atoms with Crippen LogP contribution in [-0.4, -0.2) is 50.1 Å². The van der Waals surface area contributed by atoms with Crippen molar-refractivity contribution in [1.29, 1.82) is 0 Å². The Hall–Kier alpha value is -2.31. The molecule has 0 aliphatic carbocycles. The summed E-state index contributed by atoms with van der Waals surface area (Å²) in [5.41, 5.74) is 1.58. The molecule has 1 aliphatic rings. The van der Waals surface area contributed by atoms with Crippen molar-refractivity contribution in [3.8, 4) is 5.75 Å². The molecule has 7 heteroatoms. The van der Waals surface area contributed by atoms with Crippen molar-refractivity contribution in [2.24, 2.45) is 0 Å². The number of hydrogen-bond acceptors (Lipinski definition) is 4. The summed E-state index contributed by atoms with van der Waals surface area (Å²) in [4.78, 5) is 16.6. The first-order valence-corrected chi connectivity index (χ1v) is 9.38. The van der Waals surface area contributed by atoms with Crippen LogP contribution >= 0.6 is 11.6 Å². The normalized spacial score (nSPS) is 14.9. The van der Waals surface area contributed by atoms with Gasteiger partial charge in [-0.25, -0.2) is 4.39 Å². The van der Waals surface area contributed by atoms with Gasteiger partial charge in [0, 0.05) is 31.9 Å². The number of hydrogen-bond donors (Lipinski definition) is 1. The number of ether oxygens (including phenoxy) is 1. The number of benzene rings is 2. The third-order valence-electron chi connectivity index (χ3n) is 4.45. The van der Waals surface area contributed by atoms with Gasteiger partial charge >= 0.3 is 0 Å². The lowest BCUT2D eigenvalue weighted by Crippen LogP contribution is -2.48. The molecule has 0 unspecified atom stereocenters. The number of carbonyl (C=O) groups excluding carboxylic acids is 1. The number of halogens is 2. The van der Waals surface area contributed by atoms with E-state index in [4.69, 9.17) is 16.3 Å². The molecule has 0 bridgehead atoms. The molecule has 2 aromatic rings. The van der Waals surface area contributed by atoms with Gasteiger partial charge in [0.2, 0.25) is 5.91 Å². The molecule has 5 nitrogen and oxygen atoms in total. The Bertz CT molecular complexity index is 795. The summed E-state index contributed by atoms with van der Waals surface area (Å²) in [6.45, 7) is 6.08. The Morgan fingerprint density at radius 1 is 1.19 bits per heavy atom. The Morgan fingerprint density at radius 2 is 1.93 bits per heavy atom. The molecule has 0 atom stereocenters. The summed E-state index contributed by atoms with van der Waals surface area (Å²) >= 11 is 5.75. The van der Waals surface area contributed by atoms with Crippen molar-refractivity contribution in [1.82, 2.24) is 4.90 Å². The predicted octanol–water partition coefficient (Wildman–Crippen LogP) is 3.64. The van der Waals surface area contributed by atoms with E-state index in [2.05, 4.69) is 21.2 Å². The molecule has 144 valence electrons. The van der Waals surface area contributed by atoms with Crippen LogP contribution in [0.3, 0.4) is 0 Å². The number of para-hydroxylation sites is 2. The van der Waals surface area contributed by atoms with Crippen LogP contribution < -0.4 is 15.0 Å². The van der Waals surface area contributed by atoms with E-state index in [1.807, 2.05) is 25.1 Å². The summed E-state index contributed by atoms with van der Waals surface area (Å²) in [6.07, 6.45) is 0. The lowest BCUT2D eigenvalue weighted by atomic mass is 10.2. The van der Waals surface area contributed by atoms with Crippen molar-refractivity contribution in [3.63, 3.8) is 0 Å². The highest BCUT2D eigenvalue weighted by atomic mass is 35.5. The quantitative estimate of drug-likeness (QED) is 0.816. The number of piperazine rings is 1. The lowest BCUT2D eigenvalue weighted by Gasteiger charge is -2.36. The minimum absolute atomic E-state index is 0.00521. The molecule has 1 aliphatic heterocycles. The smallest absolute Gasteiger partial charge is 0.238 e. The predicted molar refractivity (Wildman–Crippen MR) is 106 cm³/mol. The zero-order valence-corrected chi connectivity index (χ0v) is 16.0. The molecule has 0 saturated carbocycles. The van der Waals surface area contributed by atoms with Crippen LogP contribution in [0.5, 0.6) is 5.75 Å². The van der Waals surface area contributed by atoms with Crippen LogP contribution in [0, 0.1) is 5.82 Å². The zero-order valence-electron chi connectivity index (χ0n) is 15.3. The molecule has 0 radical (unpaired) electrons. The third-order valence-corrected chi connectivity index (χ3v) is 4.74. The number of nitrogens with zero attached hydrogens (tertiary/aromatic N) is 2. The molecule has 1 heterocycles. The summed E-state index contributed by atoms with van der Waals surface area (Å²) in [7, 11) is 0. The second kappa shape index (κ2) is 9.06. The van der Waals surface area contributed by atoms with Crippen molar-refractivity contribution < 1.29 is 13.9 Å². The molecule has 1 amide bonds. The van der Waals surface area contributed by atoms with Gasteiger partial charge in [0.05, 0.1) is 23.9 Å². The van der Waals surface area contributed by atoms with Gasteiger partial charge in [-0.2, -0.15) is 0 Å². The van der Waals surface area contributed by atoms with Gasteiger partial charge in [-0.1, -0.05) is 23.7 Å². The van der Waals surface area contributed by atoms with E-state index in [0.29, 0.717) is 12.3 Å². The number of nitrogens with one attached hydrogen (secondary N) is 1. The monoisotopic (exact) mass is 391 g/mol. The molecule has 2 aromatic carbocycles. The Morgan fingerprint density at radius 3 is 2.63 bits per heavy atom. The van der Waals surface area contributed by atoms with Gasteiger partial charge in [0.15, 0.2) is 0 Å². The Labute approximate surface area is 163 Å². The van der Waals surface area contributed by atoms with E-state index in [1.165, 1.54) is 18.2 Å². The number of rotatable bonds is 6. The van der Waals surface area contributed by atoms with E-state index < -0.39 is 5.82 Å². The first-order chi connectivity index (χ1) is 13.1. The van der Waals surface area contributed by atoms with E-state index in [0.717, 1.165) is 37.6 Å². The van der Waals surface area contributed by atoms with Crippen molar-refractivity contribution in [3.05, 3.63) is 53.3 Å². The zero-order chi connectivity index (χ0) is 19.2. The number of carbonyl (C=O) groups is 1. The standard InChI is InChI=1S/C20H23ClFN3O2/c1-2-27-19-6-4-3-5-18(19)25-11-9-24(10-12-25)14-20(26)23-15-7-8-17(22)16(21)13-15/h3-8,13H,2,9-12,14H2,1H3,(H,23,26). The molecule has 1 N–H and O–H groups in total. The van der Waals surface area contributed by atoms with Crippen LogP contribution in [0.15, 0.2) is 42.5 Å². The van der Waals surface area contributed by atoms with Gasteiger partial charge in [-0.05, 0) is 37.3 Å². The minimum atomic E-state index is -0.502. The highest BCUT2D eigenvalue weighted by Crippen LogP contribution is 2.28. The SMILES string of the molecule is CCOc1ccccc1N1CCN(CC(=O)Nc2ccc(F)c(Cl)c2)CC1. The molecule has 0 spiro atoms. The van der Waals surface area contributed by atoms with Gasteiger partial charge in [-0.15, -0.1) is 0 Å². The molecular formula is C20H23ClFN3O2. The Balaban J connectivity index is 1.52. The van der Waals surface area contributed by atoms with E-state index in [9.17, 15) is 9.18 Å². The first-order valence-electron chi connectivity index (χ1n) is 9.01. The lowest BCUT2D eigenvalue weighted by molar-refractivity contribution is -0.117. The molecule has 1 saturated heterocycles. The maximum absolute atomic E-state index is 13.2. The Kier molecular flexibility index (Phi) is 6.53. The summed E-state index contributed by atoms with van der Waals surface area (Å²) in [5.74, 6) is 0.248. The number of anilines is 2. The van der Waals surface area contributed by atoms with Crippen LogP contribution in [0.2, 0.25) is 5.02 Å². The minimum Gasteiger partial charge on any atom is -0.492 e.